The van der Waals surface area contributed by atoms with E-state index in [9.17, 15) is 0 Å². The lowest BCUT2D eigenvalue weighted by Crippen LogP contribution is -2.16. The highest BCUT2D eigenvalue weighted by Gasteiger charge is 2.03. The van der Waals surface area contributed by atoms with Gasteiger partial charge in [-0.3, -0.25) is 5.73 Å². The molecule has 34 valence electrons. The van der Waals surface area contributed by atoms with Crippen molar-refractivity contribution < 1.29 is 4.84 Å². The van der Waals surface area contributed by atoms with Crippen LogP contribution in [-0.4, -0.2) is 12.4 Å². The van der Waals surface area contributed by atoms with Crippen LogP contribution in [0.4, 0.5) is 0 Å². The maximum atomic E-state index is 5.19. The molecule has 0 aliphatic carbocycles. The Labute approximate surface area is 35.8 Å². The van der Waals surface area contributed by atoms with Gasteiger partial charge in [-0.1, -0.05) is 5.16 Å². The van der Waals surface area contributed by atoms with Crippen LogP contribution in [0.25, 0.3) is 0 Å². The predicted octanol–water partition coefficient (Wildman–Crippen LogP) is -0.323. The van der Waals surface area contributed by atoms with Crippen LogP contribution >= 0.6 is 0 Å². The van der Waals surface area contributed by atoms with Gasteiger partial charge >= 0.3 is 0 Å². The topological polar surface area (TPSA) is 47.6 Å². The number of oxime groups is 1. The lowest BCUT2D eigenvalue weighted by Gasteiger charge is -1.93. The second-order valence-electron chi connectivity index (χ2n) is 1.17. The maximum absolute atomic E-state index is 5.19. The third-order valence-electron chi connectivity index (χ3n) is 0.609. The first-order chi connectivity index (χ1) is 2.89. The van der Waals surface area contributed by atoms with Crippen molar-refractivity contribution in [3.8, 4) is 0 Å². The molecule has 0 saturated heterocycles. The van der Waals surface area contributed by atoms with Gasteiger partial charge < -0.3 is 4.84 Å². The molecule has 1 aliphatic heterocycles. The first-order valence-corrected chi connectivity index (χ1v) is 1.83. The summed E-state index contributed by atoms with van der Waals surface area (Å²) in [5.74, 6) is 0. The van der Waals surface area contributed by atoms with E-state index in [4.69, 9.17) is 5.73 Å². The van der Waals surface area contributed by atoms with Crippen LogP contribution in [0.1, 0.15) is 6.42 Å². The van der Waals surface area contributed by atoms with Crippen LogP contribution in [0.15, 0.2) is 5.16 Å². The summed E-state index contributed by atoms with van der Waals surface area (Å²) in [5, 5.41) is 3.41. The summed E-state index contributed by atoms with van der Waals surface area (Å²) in [6.45, 7) is 0. The SMILES string of the molecule is N[C@@H]1CC=NO1. The van der Waals surface area contributed by atoms with Gasteiger partial charge in [-0.15, -0.1) is 0 Å². The molecule has 1 aliphatic rings. The summed E-state index contributed by atoms with van der Waals surface area (Å²) in [7, 11) is 0. The van der Waals surface area contributed by atoms with E-state index in [1.54, 1.807) is 6.21 Å². The Balaban J connectivity index is 2.32. The molecule has 0 fully saturated rings. The van der Waals surface area contributed by atoms with Crippen molar-refractivity contribution in [1.29, 1.82) is 0 Å². The zero-order valence-electron chi connectivity index (χ0n) is 3.29. The minimum atomic E-state index is -0.176. The average molecular weight is 86.1 g/mol. The maximum Gasteiger partial charge on any atom is 0.181 e. The van der Waals surface area contributed by atoms with E-state index < -0.39 is 0 Å². The van der Waals surface area contributed by atoms with Crippen molar-refractivity contribution >= 4 is 6.21 Å². The van der Waals surface area contributed by atoms with Gasteiger partial charge in [0.1, 0.15) is 0 Å². The number of rotatable bonds is 0. The number of hydrogen-bond acceptors (Lipinski definition) is 3. The Kier molecular flexibility index (Phi) is 0.759. The molecule has 0 radical (unpaired) electrons. The highest BCUT2D eigenvalue weighted by Crippen LogP contribution is 1.94. The summed E-state index contributed by atoms with van der Waals surface area (Å²) < 4.78 is 0. The van der Waals surface area contributed by atoms with Crippen molar-refractivity contribution in [1.82, 2.24) is 0 Å². The zero-order chi connectivity index (χ0) is 4.41. The fourth-order valence-electron chi connectivity index (χ4n) is 0.311. The molecular weight excluding hydrogens is 80.0 g/mol. The molecular formula is C3H6N2O. The van der Waals surface area contributed by atoms with E-state index in [1.165, 1.54) is 0 Å². The second-order valence-corrected chi connectivity index (χ2v) is 1.17. The summed E-state index contributed by atoms with van der Waals surface area (Å²) in [6.07, 6.45) is 2.23. The summed E-state index contributed by atoms with van der Waals surface area (Å²) in [4.78, 5) is 4.50. The van der Waals surface area contributed by atoms with Crippen molar-refractivity contribution in [2.75, 3.05) is 0 Å². The lowest BCUT2D eigenvalue weighted by atomic mass is 10.4. The number of nitrogens with two attached hydrogens (primary N) is 1. The number of hydrogen-bond donors (Lipinski definition) is 1. The third kappa shape index (κ3) is 0.490. The van der Waals surface area contributed by atoms with Crippen molar-refractivity contribution in [2.24, 2.45) is 10.9 Å². The van der Waals surface area contributed by atoms with E-state index in [0.717, 1.165) is 6.42 Å². The van der Waals surface area contributed by atoms with Gasteiger partial charge in [0.15, 0.2) is 6.23 Å². The van der Waals surface area contributed by atoms with Gasteiger partial charge in [0.25, 0.3) is 0 Å². The van der Waals surface area contributed by atoms with E-state index in [-0.39, 0.29) is 6.23 Å². The van der Waals surface area contributed by atoms with Crippen LogP contribution in [0.2, 0.25) is 0 Å². The summed E-state index contributed by atoms with van der Waals surface area (Å²) >= 11 is 0. The highest BCUT2D eigenvalue weighted by atomic mass is 16.6. The smallest absolute Gasteiger partial charge is 0.181 e. The molecule has 0 aromatic rings. The van der Waals surface area contributed by atoms with Crippen LogP contribution in [-0.2, 0) is 4.84 Å². The number of nitrogens with zero attached hydrogens (tertiary/aromatic N) is 1. The molecule has 0 unspecified atom stereocenters. The first-order valence-electron chi connectivity index (χ1n) is 1.83. The quantitative estimate of drug-likeness (QED) is 0.439. The van der Waals surface area contributed by atoms with Gasteiger partial charge in [-0.25, -0.2) is 0 Å². The Hall–Kier alpha value is -0.570. The third-order valence-corrected chi connectivity index (χ3v) is 0.609. The standard InChI is InChI=1S/C3H6N2O/c4-3-1-2-5-6-3/h2-3H,1,4H2/t3-/m0/s1. The Bertz CT molecular complexity index is 63.2. The molecule has 2 N–H and O–H groups in total. The molecule has 0 amide bonds. The molecule has 3 nitrogen and oxygen atoms in total. The minimum Gasteiger partial charge on any atom is -0.377 e. The van der Waals surface area contributed by atoms with Crippen LogP contribution < -0.4 is 5.73 Å². The van der Waals surface area contributed by atoms with Gasteiger partial charge in [0, 0.05) is 12.6 Å². The van der Waals surface area contributed by atoms with Gasteiger partial charge in [0.05, 0.1) is 0 Å². The van der Waals surface area contributed by atoms with E-state index in [1.807, 2.05) is 0 Å². The molecule has 6 heavy (non-hydrogen) atoms. The zero-order valence-corrected chi connectivity index (χ0v) is 3.29. The fraction of sp³-hybridized carbons (Fsp3) is 0.667. The van der Waals surface area contributed by atoms with E-state index >= 15 is 0 Å². The molecule has 0 aromatic heterocycles. The van der Waals surface area contributed by atoms with Crippen LogP contribution in [0.5, 0.6) is 0 Å². The van der Waals surface area contributed by atoms with E-state index in [2.05, 4.69) is 9.99 Å². The van der Waals surface area contributed by atoms with Crippen molar-refractivity contribution in [2.45, 2.75) is 12.6 Å². The van der Waals surface area contributed by atoms with E-state index in [0.29, 0.717) is 0 Å². The Morgan fingerprint density at radius 2 is 2.83 bits per heavy atom. The van der Waals surface area contributed by atoms with Crippen molar-refractivity contribution in [3.05, 3.63) is 0 Å². The molecule has 0 aromatic carbocycles. The molecule has 1 atom stereocenters. The predicted molar refractivity (Wildman–Crippen MR) is 22.2 cm³/mol. The molecule has 3 heteroatoms. The van der Waals surface area contributed by atoms with Gasteiger partial charge in [-0.2, -0.15) is 0 Å². The first kappa shape index (κ1) is 3.61. The highest BCUT2D eigenvalue weighted by molar-refractivity contribution is 5.58. The van der Waals surface area contributed by atoms with Gasteiger partial charge in [0.2, 0.25) is 0 Å². The minimum absolute atomic E-state index is 0.176. The van der Waals surface area contributed by atoms with Crippen LogP contribution in [0.3, 0.4) is 0 Å². The fourth-order valence-corrected chi connectivity index (χ4v) is 0.311. The molecule has 1 rings (SSSR count). The average Bonchev–Trinajstić information content (AvgIpc) is 1.86. The second kappa shape index (κ2) is 1.26. The monoisotopic (exact) mass is 86.0 g/mol. The molecule has 0 spiro atoms. The van der Waals surface area contributed by atoms with Crippen LogP contribution in [0, 0.1) is 0 Å². The van der Waals surface area contributed by atoms with Crippen molar-refractivity contribution in [3.63, 3.8) is 0 Å². The Morgan fingerprint density at radius 3 is 3.00 bits per heavy atom. The normalized spacial score (nSPS) is 30.5. The Morgan fingerprint density at radius 1 is 2.00 bits per heavy atom. The largest absolute Gasteiger partial charge is 0.377 e. The summed E-state index contributed by atoms with van der Waals surface area (Å²) in [6, 6.07) is 0. The molecule has 0 saturated carbocycles. The molecule has 1 heterocycles. The molecule has 0 bridgehead atoms. The van der Waals surface area contributed by atoms with Gasteiger partial charge in [-0.05, 0) is 0 Å². The lowest BCUT2D eigenvalue weighted by molar-refractivity contribution is 0.0907. The summed E-state index contributed by atoms with van der Waals surface area (Å²) in [5.41, 5.74) is 5.19.